The van der Waals surface area contributed by atoms with Gasteiger partial charge in [0, 0.05) is 12.5 Å². The summed E-state index contributed by atoms with van der Waals surface area (Å²) in [5, 5.41) is 3.00. The zero-order chi connectivity index (χ0) is 17.0. The molecule has 0 fully saturated rings. The minimum atomic E-state index is -1.08. The monoisotopic (exact) mass is 319 g/mol. The minimum absolute atomic E-state index is 0.231. The maximum Gasteiger partial charge on any atom is 0.218 e. The quantitative estimate of drug-likeness (QED) is 0.716. The van der Waals surface area contributed by atoms with Crippen LogP contribution in [0, 0.1) is 5.82 Å². The van der Waals surface area contributed by atoms with Crippen LogP contribution in [0.2, 0.25) is 0 Å². The van der Waals surface area contributed by atoms with Gasteiger partial charge in [-0.15, -0.1) is 0 Å². The summed E-state index contributed by atoms with van der Waals surface area (Å²) in [6.07, 6.45) is 0. The van der Waals surface area contributed by atoms with Gasteiger partial charge in [-0.2, -0.15) is 0 Å². The van der Waals surface area contributed by atoms with Crippen molar-refractivity contribution in [1.82, 2.24) is 5.32 Å². The van der Waals surface area contributed by atoms with Crippen LogP contribution < -0.4 is 5.32 Å². The van der Waals surface area contributed by atoms with Crippen molar-refractivity contribution in [3.63, 3.8) is 0 Å². The summed E-state index contributed by atoms with van der Waals surface area (Å²) in [5.74, 6) is -0.593. The van der Waals surface area contributed by atoms with Crippen LogP contribution in [0.25, 0.3) is 0 Å². The summed E-state index contributed by atoms with van der Waals surface area (Å²) >= 11 is 0. The fourth-order valence-electron chi connectivity index (χ4n) is 3.10. The van der Waals surface area contributed by atoms with Crippen LogP contribution in [0.3, 0.4) is 0 Å². The highest BCUT2D eigenvalue weighted by atomic mass is 19.1. The second kappa shape index (κ2) is 6.67. The molecule has 0 bridgehead atoms. The first kappa shape index (κ1) is 15.9. The summed E-state index contributed by atoms with van der Waals surface area (Å²) in [5.41, 5.74) is 0.935. The third kappa shape index (κ3) is 2.81. The SMILES string of the molecule is CC(=O)NC(c1ccccc1)(c1ccccc1)c1ccccc1F. The number of nitrogens with one attached hydrogen (secondary N) is 1. The van der Waals surface area contributed by atoms with E-state index >= 15 is 0 Å². The molecule has 0 unspecified atom stereocenters. The van der Waals surface area contributed by atoms with Crippen molar-refractivity contribution in [1.29, 1.82) is 0 Å². The normalized spacial score (nSPS) is 11.1. The van der Waals surface area contributed by atoms with E-state index in [4.69, 9.17) is 0 Å². The van der Waals surface area contributed by atoms with Crippen molar-refractivity contribution < 1.29 is 9.18 Å². The van der Waals surface area contributed by atoms with E-state index in [0.29, 0.717) is 5.56 Å². The smallest absolute Gasteiger partial charge is 0.218 e. The first-order chi connectivity index (χ1) is 11.6. The lowest BCUT2D eigenvalue weighted by molar-refractivity contribution is -0.120. The Morgan fingerprint density at radius 2 is 1.25 bits per heavy atom. The average Bonchev–Trinajstić information content (AvgIpc) is 2.62. The van der Waals surface area contributed by atoms with Gasteiger partial charge in [-0.3, -0.25) is 4.79 Å². The van der Waals surface area contributed by atoms with E-state index in [0.717, 1.165) is 11.1 Å². The molecule has 0 saturated heterocycles. The van der Waals surface area contributed by atoms with Gasteiger partial charge >= 0.3 is 0 Å². The number of hydrogen-bond donors (Lipinski definition) is 1. The van der Waals surface area contributed by atoms with E-state index in [1.165, 1.54) is 13.0 Å². The van der Waals surface area contributed by atoms with Crippen LogP contribution in [-0.2, 0) is 10.3 Å². The van der Waals surface area contributed by atoms with Crippen molar-refractivity contribution in [3.8, 4) is 0 Å². The topological polar surface area (TPSA) is 29.1 Å². The standard InChI is InChI=1S/C21H18FNO/c1-16(24)23-21(17-10-4-2-5-11-17,18-12-6-3-7-13-18)19-14-8-9-15-20(19)22/h2-15H,1H3,(H,23,24). The molecule has 24 heavy (non-hydrogen) atoms. The number of carbonyl (C=O) groups excluding carboxylic acids is 1. The Kier molecular flexibility index (Phi) is 4.43. The van der Waals surface area contributed by atoms with Crippen LogP contribution in [0.15, 0.2) is 84.9 Å². The van der Waals surface area contributed by atoms with Crippen LogP contribution in [0.4, 0.5) is 4.39 Å². The summed E-state index contributed by atoms with van der Waals surface area (Å²) in [7, 11) is 0. The summed E-state index contributed by atoms with van der Waals surface area (Å²) in [6.45, 7) is 1.45. The van der Waals surface area contributed by atoms with Crippen LogP contribution in [0.1, 0.15) is 23.6 Å². The van der Waals surface area contributed by atoms with Gasteiger partial charge in [0.1, 0.15) is 11.4 Å². The molecule has 0 heterocycles. The maximum absolute atomic E-state index is 14.8. The Labute approximate surface area is 141 Å². The second-order valence-electron chi connectivity index (χ2n) is 5.64. The molecule has 0 aliphatic heterocycles. The summed E-state index contributed by atoms with van der Waals surface area (Å²) in [4.78, 5) is 12.1. The Morgan fingerprint density at radius 3 is 1.71 bits per heavy atom. The fraction of sp³-hybridized carbons (Fsp3) is 0.0952. The molecule has 3 heteroatoms. The molecule has 0 aliphatic rings. The Morgan fingerprint density at radius 1 is 0.792 bits per heavy atom. The lowest BCUT2D eigenvalue weighted by Gasteiger charge is -2.36. The van der Waals surface area contributed by atoms with E-state index in [-0.39, 0.29) is 11.7 Å². The van der Waals surface area contributed by atoms with Crippen molar-refractivity contribution in [3.05, 3.63) is 107 Å². The van der Waals surface area contributed by atoms with Crippen LogP contribution in [0.5, 0.6) is 0 Å². The van der Waals surface area contributed by atoms with Gasteiger partial charge in [-0.05, 0) is 17.2 Å². The molecule has 0 aliphatic carbocycles. The van der Waals surface area contributed by atoms with Gasteiger partial charge in [-0.25, -0.2) is 4.39 Å². The maximum atomic E-state index is 14.8. The second-order valence-corrected chi connectivity index (χ2v) is 5.64. The highest BCUT2D eigenvalue weighted by molar-refractivity contribution is 5.76. The third-order valence-electron chi connectivity index (χ3n) is 4.05. The van der Waals surface area contributed by atoms with E-state index in [1.807, 2.05) is 60.7 Å². The summed E-state index contributed by atoms with van der Waals surface area (Å²) in [6, 6.07) is 25.5. The lowest BCUT2D eigenvalue weighted by atomic mass is 9.76. The molecule has 0 atom stereocenters. The number of halogens is 1. The Hall–Kier alpha value is -2.94. The van der Waals surface area contributed by atoms with Crippen molar-refractivity contribution in [2.45, 2.75) is 12.5 Å². The van der Waals surface area contributed by atoms with Gasteiger partial charge < -0.3 is 5.32 Å². The molecule has 0 saturated carbocycles. The van der Waals surface area contributed by atoms with E-state index in [2.05, 4.69) is 5.32 Å². The number of rotatable bonds is 4. The molecule has 0 spiro atoms. The zero-order valence-electron chi connectivity index (χ0n) is 13.4. The molecule has 0 radical (unpaired) electrons. The summed E-state index contributed by atoms with van der Waals surface area (Å²) < 4.78 is 14.8. The molecular formula is C21H18FNO. The van der Waals surface area contributed by atoms with Gasteiger partial charge in [0.05, 0.1) is 0 Å². The molecule has 3 aromatic carbocycles. The predicted octanol–water partition coefficient (Wildman–Crippen LogP) is 4.25. The number of benzene rings is 3. The van der Waals surface area contributed by atoms with E-state index in [9.17, 15) is 9.18 Å². The Bertz CT molecular complexity index is 791. The first-order valence-corrected chi connectivity index (χ1v) is 7.79. The highest BCUT2D eigenvalue weighted by Crippen LogP contribution is 2.37. The van der Waals surface area contributed by atoms with Crippen LogP contribution >= 0.6 is 0 Å². The number of carbonyl (C=O) groups is 1. The van der Waals surface area contributed by atoms with Crippen molar-refractivity contribution in [2.75, 3.05) is 0 Å². The molecule has 2 nitrogen and oxygen atoms in total. The zero-order valence-corrected chi connectivity index (χ0v) is 13.4. The predicted molar refractivity (Wildman–Crippen MR) is 93.0 cm³/mol. The molecule has 0 aromatic heterocycles. The highest BCUT2D eigenvalue weighted by Gasteiger charge is 2.39. The van der Waals surface area contributed by atoms with Crippen molar-refractivity contribution >= 4 is 5.91 Å². The van der Waals surface area contributed by atoms with Gasteiger partial charge in [0.25, 0.3) is 0 Å². The average molecular weight is 319 g/mol. The van der Waals surface area contributed by atoms with Crippen LogP contribution in [-0.4, -0.2) is 5.91 Å². The van der Waals surface area contributed by atoms with E-state index in [1.54, 1.807) is 18.2 Å². The number of hydrogen-bond acceptors (Lipinski definition) is 1. The van der Waals surface area contributed by atoms with Gasteiger partial charge in [0.15, 0.2) is 0 Å². The molecule has 3 aromatic rings. The fourth-order valence-corrected chi connectivity index (χ4v) is 3.10. The molecule has 3 rings (SSSR count). The van der Waals surface area contributed by atoms with Crippen molar-refractivity contribution in [2.24, 2.45) is 0 Å². The van der Waals surface area contributed by atoms with Gasteiger partial charge in [-0.1, -0.05) is 78.9 Å². The molecule has 120 valence electrons. The third-order valence-corrected chi connectivity index (χ3v) is 4.05. The largest absolute Gasteiger partial charge is 0.339 e. The van der Waals surface area contributed by atoms with E-state index < -0.39 is 5.54 Å². The first-order valence-electron chi connectivity index (χ1n) is 7.79. The number of amides is 1. The Balaban J connectivity index is 2.38. The molecule has 1 N–H and O–H groups in total. The lowest BCUT2D eigenvalue weighted by Crippen LogP contribution is -2.47. The van der Waals surface area contributed by atoms with Gasteiger partial charge in [0.2, 0.25) is 5.91 Å². The minimum Gasteiger partial charge on any atom is -0.339 e. The molecular weight excluding hydrogens is 301 g/mol. The molecule has 1 amide bonds.